The molecule has 6 atom stereocenters. The molecule has 14 nitrogen and oxygen atoms in total. The topological polar surface area (TPSA) is 215 Å². The number of rotatable bonds is 9. The van der Waals surface area contributed by atoms with E-state index in [1.54, 1.807) is 0 Å². The third-order valence-electron chi connectivity index (χ3n) is 5.06. The molecule has 18 heteroatoms. The Morgan fingerprint density at radius 2 is 1.78 bits per heavy atom. The van der Waals surface area contributed by atoms with Crippen molar-refractivity contribution < 1.29 is 102 Å². The molecular formula is C18H21N5Na2O9P2. The van der Waals surface area contributed by atoms with Gasteiger partial charge in [-0.15, -0.1) is 0 Å². The molecule has 0 radical (unpaired) electrons. The summed E-state index contributed by atoms with van der Waals surface area (Å²) in [5.74, 6) is -1.17. The fourth-order valence-electron chi connectivity index (χ4n) is 3.49. The van der Waals surface area contributed by atoms with E-state index in [4.69, 9.17) is 9.63 Å². The van der Waals surface area contributed by atoms with E-state index in [-0.39, 0.29) is 64.8 Å². The number of aromatic nitrogens is 4. The van der Waals surface area contributed by atoms with Crippen molar-refractivity contribution in [2.45, 2.75) is 31.1 Å². The van der Waals surface area contributed by atoms with Crippen LogP contribution in [0.1, 0.15) is 11.8 Å². The Hall–Kier alpha value is -0.250. The summed E-state index contributed by atoms with van der Waals surface area (Å²) in [6.07, 6.45) is -2.96. The molecule has 1 saturated heterocycles. The van der Waals surface area contributed by atoms with Gasteiger partial charge in [-0.2, -0.15) is 0 Å². The zero-order chi connectivity index (χ0) is 24.5. The number of ether oxygens (including phenoxy) is 1. The Balaban J connectivity index is 0.00000228. The van der Waals surface area contributed by atoms with Crippen molar-refractivity contribution in [3.8, 4) is 0 Å². The predicted molar refractivity (Wildman–Crippen MR) is 113 cm³/mol. The number of nitrogens with zero attached hydrogens (tertiary/aromatic N) is 4. The molecule has 2 aromatic heterocycles. The first kappa shape index (κ1) is 32.0. The van der Waals surface area contributed by atoms with Gasteiger partial charge in [0.2, 0.25) is 0 Å². The number of nitrogens with one attached hydrogen (secondary N) is 1. The molecule has 4 rings (SSSR count). The van der Waals surface area contributed by atoms with Gasteiger partial charge in [0.25, 0.3) is 0 Å². The van der Waals surface area contributed by atoms with Crippen LogP contribution in [-0.2, 0) is 24.9 Å². The molecule has 3 aromatic rings. The number of benzene rings is 1. The van der Waals surface area contributed by atoms with Crippen LogP contribution in [0.2, 0.25) is 0 Å². The van der Waals surface area contributed by atoms with Crippen molar-refractivity contribution in [1.82, 2.24) is 19.5 Å². The number of anilines is 1. The minimum atomic E-state index is -5.12. The molecule has 1 aliphatic rings. The smallest absolute Gasteiger partial charge is 0.778 e. The van der Waals surface area contributed by atoms with Crippen LogP contribution in [0.25, 0.3) is 11.2 Å². The molecule has 1 fully saturated rings. The SMILES string of the molecule is O=P([O-])(O)CP(=O)([O-])OC[C@H]1O[C@@H](n2cnc3c(NCc4ccccc4)ncnc32)[C@H](O)[C@@H]1O.[Na+].[Na+]. The molecule has 1 aromatic carbocycles. The Morgan fingerprint density at radius 3 is 2.44 bits per heavy atom. The average molecular weight is 559 g/mol. The van der Waals surface area contributed by atoms with Gasteiger partial charge in [0.1, 0.15) is 39.8 Å². The van der Waals surface area contributed by atoms with Crippen molar-refractivity contribution >= 4 is 32.2 Å². The number of aliphatic hydroxyl groups is 2. The Morgan fingerprint density at radius 1 is 1.08 bits per heavy atom. The number of hydrogen-bond acceptors (Lipinski definition) is 12. The fraction of sp³-hybridized carbons (Fsp3) is 0.389. The van der Waals surface area contributed by atoms with Gasteiger partial charge in [-0.05, 0) is 5.56 Å². The van der Waals surface area contributed by atoms with Crippen molar-refractivity contribution in [3.63, 3.8) is 0 Å². The van der Waals surface area contributed by atoms with E-state index in [0.717, 1.165) is 5.56 Å². The normalized spacial score (nSPS) is 24.8. The van der Waals surface area contributed by atoms with Crippen LogP contribution in [0, 0.1) is 0 Å². The van der Waals surface area contributed by atoms with Gasteiger partial charge in [-0.3, -0.25) is 4.57 Å². The summed E-state index contributed by atoms with van der Waals surface area (Å²) in [5.41, 5.74) is 1.67. The summed E-state index contributed by atoms with van der Waals surface area (Å²) in [5, 5.41) is 23.9. The van der Waals surface area contributed by atoms with Crippen molar-refractivity contribution in [2.75, 3.05) is 17.8 Å². The van der Waals surface area contributed by atoms with Crippen molar-refractivity contribution in [2.24, 2.45) is 0 Å². The van der Waals surface area contributed by atoms with E-state index >= 15 is 0 Å². The van der Waals surface area contributed by atoms with Gasteiger partial charge in [0.05, 0.1) is 18.8 Å². The van der Waals surface area contributed by atoms with Crippen LogP contribution in [0.5, 0.6) is 0 Å². The van der Waals surface area contributed by atoms with Crippen LogP contribution in [-0.4, -0.2) is 65.4 Å². The maximum absolute atomic E-state index is 11.7. The molecule has 3 heterocycles. The minimum absolute atomic E-state index is 0. The number of hydrogen-bond donors (Lipinski definition) is 4. The van der Waals surface area contributed by atoms with Gasteiger partial charge < -0.3 is 48.6 Å². The summed E-state index contributed by atoms with van der Waals surface area (Å²) in [7, 11) is -10.1. The van der Waals surface area contributed by atoms with Crippen LogP contribution in [0.15, 0.2) is 43.0 Å². The van der Waals surface area contributed by atoms with Crippen LogP contribution < -0.4 is 74.2 Å². The first-order chi connectivity index (χ1) is 16.0. The van der Waals surface area contributed by atoms with Gasteiger partial charge in [0, 0.05) is 6.54 Å². The molecule has 184 valence electrons. The molecule has 0 spiro atoms. The van der Waals surface area contributed by atoms with E-state index in [1.165, 1.54) is 17.2 Å². The zero-order valence-corrected chi connectivity index (χ0v) is 25.2. The van der Waals surface area contributed by atoms with Crippen molar-refractivity contribution in [1.29, 1.82) is 0 Å². The summed E-state index contributed by atoms with van der Waals surface area (Å²) in [6, 6.07) is 9.58. The van der Waals surface area contributed by atoms with Crippen LogP contribution in [0.3, 0.4) is 0 Å². The second kappa shape index (κ2) is 13.2. The Kier molecular flexibility index (Phi) is 11.7. The third kappa shape index (κ3) is 7.89. The monoisotopic (exact) mass is 559 g/mol. The van der Waals surface area contributed by atoms with Gasteiger partial charge in [-0.1, -0.05) is 30.3 Å². The number of fused-ring (bicyclic) bond motifs is 1. The third-order valence-corrected chi connectivity index (χ3v) is 8.42. The summed E-state index contributed by atoms with van der Waals surface area (Å²) in [6.45, 7) is -0.305. The zero-order valence-electron chi connectivity index (χ0n) is 19.4. The van der Waals surface area contributed by atoms with Crippen LogP contribution in [0.4, 0.5) is 5.82 Å². The van der Waals surface area contributed by atoms with Gasteiger partial charge >= 0.3 is 59.1 Å². The molecule has 4 N–H and O–H groups in total. The van der Waals surface area contributed by atoms with E-state index in [2.05, 4.69) is 24.8 Å². The molecule has 0 aliphatic carbocycles. The number of imidazole rings is 1. The molecular weight excluding hydrogens is 538 g/mol. The fourth-order valence-corrected chi connectivity index (χ4v) is 5.94. The minimum Gasteiger partial charge on any atom is -0.778 e. The first-order valence-electron chi connectivity index (χ1n) is 9.98. The first-order valence-corrected chi connectivity index (χ1v) is 13.5. The summed E-state index contributed by atoms with van der Waals surface area (Å²) in [4.78, 5) is 43.9. The number of aliphatic hydroxyl groups excluding tert-OH is 2. The van der Waals surface area contributed by atoms with E-state index < -0.39 is 52.2 Å². The Labute approximate surface area is 249 Å². The predicted octanol–water partition coefficient (Wildman–Crippen LogP) is -6.86. The quantitative estimate of drug-likeness (QED) is 0.142. The largest absolute Gasteiger partial charge is 1.00 e. The molecule has 0 amide bonds. The summed E-state index contributed by atoms with van der Waals surface area (Å²) < 4.78 is 34.0. The van der Waals surface area contributed by atoms with E-state index in [9.17, 15) is 29.1 Å². The van der Waals surface area contributed by atoms with Gasteiger partial charge in [0.15, 0.2) is 23.2 Å². The molecule has 1 aliphatic heterocycles. The second-order valence-corrected chi connectivity index (χ2v) is 11.5. The maximum atomic E-state index is 11.7. The Bertz CT molecular complexity index is 1250. The van der Waals surface area contributed by atoms with E-state index in [1.807, 2.05) is 30.3 Å². The molecule has 0 bridgehead atoms. The second-order valence-electron chi connectivity index (χ2n) is 7.62. The standard InChI is InChI=1S/C18H23N5O9P2.2Na/c24-14-12(7-31-34(29,30)10-33(26,27)28)32-18(15(14)25)23-9-22-13-16(20-8-21-17(13)23)19-6-11-4-2-1-3-5-11;;/h1-5,8-9,12,14-15,18,24-25H,6-7,10H2,(H,29,30)(H,19,20,21)(H2,26,27,28);;/q;2*+1/p-2/t12-,14-,15-,18-;;/m1../s1. The van der Waals surface area contributed by atoms with Crippen LogP contribution >= 0.6 is 15.2 Å². The molecule has 0 saturated carbocycles. The van der Waals surface area contributed by atoms with Gasteiger partial charge in [-0.25, -0.2) is 15.0 Å². The summed E-state index contributed by atoms with van der Waals surface area (Å²) >= 11 is 0. The van der Waals surface area contributed by atoms with Crippen molar-refractivity contribution in [3.05, 3.63) is 48.5 Å². The maximum Gasteiger partial charge on any atom is 1.00 e. The molecule has 2 unspecified atom stereocenters. The van der Waals surface area contributed by atoms with E-state index in [0.29, 0.717) is 17.9 Å². The molecule has 36 heavy (non-hydrogen) atoms. The average Bonchev–Trinajstić information content (AvgIpc) is 3.32.